The van der Waals surface area contributed by atoms with E-state index in [1.54, 1.807) is 36.5 Å². The molecule has 0 heterocycles. The van der Waals surface area contributed by atoms with Crippen LogP contribution in [0.25, 0.3) is 0 Å². The molecule has 0 aliphatic heterocycles. The molecule has 0 aliphatic carbocycles. The van der Waals surface area contributed by atoms with Crippen molar-refractivity contribution >= 4 is 45.4 Å². The zero-order chi connectivity index (χ0) is 13.7. The summed E-state index contributed by atoms with van der Waals surface area (Å²) in [5.41, 5.74) is 0.544. The van der Waals surface area contributed by atoms with Gasteiger partial charge < -0.3 is 9.84 Å². The van der Waals surface area contributed by atoms with Gasteiger partial charge in [-0.15, -0.1) is 23.5 Å². The van der Waals surface area contributed by atoms with E-state index in [1.165, 1.54) is 0 Å². The average Bonchev–Trinajstić information content (AvgIpc) is 2.36. The highest BCUT2D eigenvalue weighted by molar-refractivity contribution is 9.10. The summed E-state index contributed by atoms with van der Waals surface area (Å²) in [7, 11) is 0. The fourth-order valence-electron chi connectivity index (χ4n) is 1.45. The molecule has 0 saturated heterocycles. The molecule has 0 radical (unpaired) electrons. The molecule has 0 fully saturated rings. The van der Waals surface area contributed by atoms with Crippen molar-refractivity contribution in [2.75, 3.05) is 19.1 Å². The number of hydrogen-bond acceptors (Lipinski definition) is 5. The molecule has 1 aromatic carbocycles. The van der Waals surface area contributed by atoms with Gasteiger partial charge >= 0.3 is 5.97 Å². The lowest BCUT2D eigenvalue weighted by molar-refractivity contribution is -0.153. The third kappa shape index (κ3) is 3.66. The maximum atomic E-state index is 11.5. The van der Waals surface area contributed by atoms with Gasteiger partial charge in [-0.1, -0.05) is 0 Å². The molecule has 1 aromatic rings. The summed E-state index contributed by atoms with van der Waals surface area (Å²) >= 11 is 6.65. The number of thioether (sulfide) groups is 2. The zero-order valence-corrected chi connectivity index (χ0v) is 13.6. The molecule has 6 heteroatoms. The Bertz CT molecular complexity index is 438. The highest BCUT2D eigenvalue weighted by Crippen LogP contribution is 2.37. The first-order valence-electron chi connectivity index (χ1n) is 5.31. The van der Waals surface area contributed by atoms with Crippen LogP contribution in [0.5, 0.6) is 0 Å². The molecular weight excluding hydrogens is 336 g/mol. The smallest absolute Gasteiger partial charge is 0.339 e. The molecule has 0 saturated carbocycles. The Hall–Kier alpha value is -0.170. The van der Waals surface area contributed by atoms with Gasteiger partial charge in [-0.05, 0) is 53.1 Å². The van der Waals surface area contributed by atoms with Crippen LogP contribution in [-0.4, -0.2) is 30.2 Å². The normalized spacial score (nSPS) is 12.3. The molecule has 100 valence electrons. The Balaban J connectivity index is 3.11. The first kappa shape index (κ1) is 15.9. The minimum absolute atomic E-state index is 0.259. The van der Waals surface area contributed by atoms with Crippen LogP contribution in [-0.2, 0) is 9.53 Å². The van der Waals surface area contributed by atoms with Gasteiger partial charge in [0.1, 0.15) is 0 Å². The molecule has 0 aromatic heterocycles. The Labute approximate surface area is 124 Å². The van der Waals surface area contributed by atoms with Crippen molar-refractivity contribution in [2.45, 2.75) is 22.8 Å². The van der Waals surface area contributed by atoms with E-state index in [1.807, 2.05) is 18.6 Å². The predicted molar refractivity (Wildman–Crippen MR) is 79.3 cm³/mol. The molecule has 3 nitrogen and oxygen atoms in total. The summed E-state index contributed by atoms with van der Waals surface area (Å²) in [4.78, 5) is 13.6. The molecule has 0 aliphatic rings. The van der Waals surface area contributed by atoms with Gasteiger partial charge in [-0.2, -0.15) is 0 Å². The molecule has 1 unspecified atom stereocenters. The van der Waals surface area contributed by atoms with Crippen LogP contribution in [0.15, 0.2) is 26.4 Å². The lowest BCUT2D eigenvalue weighted by Crippen LogP contribution is -2.15. The third-order valence-electron chi connectivity index (χ3n) is 2.28. The Morgan fingerprint density at radius 3 is 2.61 bits per heavy atom. The van der Waals surface area contributed by atoms with E-state index in [0.717, 1.165) is 14.3 Å². The first-order chi connectivity index (χ1) is 8.54. The average molecular weight is 351 g/mol. The SMILES string of the molecule is CCOC(=O)C(O)c1cc(Br)c(SC)c(SC)c1. The van der Waals surface area contributed by atoms with E-state index in [2.05, 4.69) is 15.9 Å². The monoisotopic (exact) mass is 350 g/mol. The molecule has 18 heavy (non-hydrogen) atoms. The van der Waals surface area contributed by atoms with Crippen molar-refractivity contribution in [1.29, 1.82) is 0 Å². The molecular formula is C12H15BrO3S2. The van der Waals surface area contributed by atoms with E-state index >= 15 is 0 Å². The third-order valence-corrected chi connectivity index (χ3v) is 4.91. The highest BCUT2D eigenvalue weighted by Gasteiger charge is 2.21. The number of rotatable bonds is 5. The zero-order valence-electron chi connectivity index (χ0n) is 10.4. The summed E-state index contributed by atoms with van der Waals surface area (Å²) in [6.45, 7) is 1.97. The van der Waals surface area contributed by atoms with E-state index in [0.29, 0.717) is 5.56 Å². The van der Waals surface area contributed by atoms with Crippen LogP contribution in [0, 0.1) is 0 Å². The van der Waals surface area contributed by atoms with E-state index in [4.69, 9.17) is 4.74 Å². The van der Waals surface area contributed by atoms with Crippen LogP contribution < -0.4 is 0 Å². The summed E-state index contributed by atoms with van der Waals surface area (Å²) in [6.07, 6.45) is 2.71. The highest BCUT2D eigenvalue weighted by atomic mass is 79.9. The maximum Gasteiger partial charge on any atom is 0.339 e. The molecule has 1 atom stereocenters. The topological polar surface area (TPSA) is 46.5 Å². The number of halogens is 1. The number of esters is 1. The van der Waals surface area contributed by atoms with Gasteiger partial charge in [0.15, 0.2) is 6.10 Å². The van der Waals surface area contributed by atoms with Crippen molar-refractivity contribution in [3.8, 4) is 0 Å². The quantitative estimate of drug-likeness (QED) is 0.650. The van der Waals surface area contributed by atoms with Crippen molar-refractivity contribution in [2.24, 2.45) is 0 Å². The second-order valence-corrected chi connectivity index (χ2v) is 5.91. The number of aliphatic hydroxyl groups is 1. The van der Waals surface area contributed by atoms with Crippen molar-refractivity contribution in [3.63, 3.8) is 0 Å². The van der Waals surface area contributed by atoms with Crippen LogP contribution in [0.2, 0.25) is 0 Å². The van der Waals surface area contributed by atoms with Crippen LogP contribution in [0.1, 0.15) is 18.6 Å². The van der Waals surface area contributed by atoms with Gasteiger partial charge in [0.25, 0.3) is 0 Å². The largest absolute Gasteiger partial charge is 0.464 e. The fourth-order valence-corrected chi connectivity index (χ4v) is 4.11. The molecule has 0 bridgehead atoms. The molecule has 0 amide bonds. The minimum Gasteiger partial charge on any atom is -0.464 e. The van der Waals surface area contributed by atoms with Crippen molar-refractivity contribution in [3.05, 3.63) is 22.2 Å². The lowest BCUT2D eigenvalue weighted by Gasteiger charge is -2.14. The Morgan fingerprint density at radius 2 is 2.11 bits per heavy atom. The van der Waals surface area contributed by atoms with Crippen LogP contribution in [0.4, 0.5) is 0 Å². The number of carbonyl (C=O) groups excluding carboxylic acids is 1. The standard InChI is InChI=1S/C12H15BrO3S2/c1-4-16-12(15)10(14)7-5-8(13)11(18-3)9(6-7)17-2/h5-6,10,14H,4H2,1-3H3. The predicted octanol–water partition coefficient (Wildman–Crippen LogP) is 3.49. The van der Waals surface area contributed by atoms with Gasteiger partial charge in [0, 0.05) is 14.3 Å². The van der Waals surface area contributed by atoms with Gasteiger partial charge in [0.05, 0.1) is 6.61 Å². The van der Waals surface area contributed by atoms with Crippen molar-refractivity contribution < 1.29 is 14.6 Å². The van der Waals surface area contributed by atoms with Gasteiger partial charge in [-0.25, -0.2) is 4.79 Å². The van der Waals surface area contributed by atoms with Crippen LogP contribution >= 0.6 is 39.5 Å². The van der Waals surface area contributed by atoms with E-state index < -0.39 is 12.1 Å². The van der Waals surface area contributed by atoms with Crippen LogP contribution in [0.3, 0.4) is 0 Å². The second-order valence-electron chi connectivity index (χ2n) is 3.39. The summed E-state index contributed by atoms with van der Waals surface area (Å²) < 4.78 is 5.69. The summed E-state index contributed by atoms with van der Waals surface area (Å²) in [6, 6.07) is 3.58. The first-order valence-corrected chi connectivity index (χ1v) is 8.55. The fraction of sp³-hybridized carbons (Fsp3) is 0.417. The van der Waals surface area contributed by atoms with Gasteiger partial charge in [-0.3, -0.25) is 0 Å². The van der Waals surface area contributed by atoms with Crippen molar-refractivity contribution in [1.82, 2.24) is 0 Å². The minimum atomic E-state index is -1.23. The Kier molecular flexibility index (Phi) is 6.55. The van der Waals surface area contributed by atoms with E-state index in [-0.39, 0.29) is 6.61 Å². The number of aliphatic hydroxyl groups excluding tert-OH is 1. The van der Waals surface area contributed by atoms with Gasteiger partial charge in [0.2, 0.25) is 0 Å². The molecule has 1 N–H and O–H groups in total. The second kappa shape index (κ2) is 7.43. The Morgan fingerprint density at radius 1 is 1.44 bits per heavy atom. The molecule has 0 spiro atoms. The van der Waals surface area contributed by atoms with E-state index in [9.17, 15) is 9.90 Å². The lowest BCUT2D eigenvalue weighted by atomic mass is 10.1. The maximum absolute atomic E-state index is 11.5. The summed E-state index contributed by atoms with van der Waals surface area (Å²) in [5.74, 6) is -0.617. The number of carbonyl (C=O) groups is 1. The number of hydrogen-bond donors (Lipinski definition) is 1. The summed E-state index contributed by atoms with van der Waals surface area (Å²) in [5, 5.41) is 9.92. The number of ether oxygens (including phenoxy) is 1. The molecule has 1 rings (SSSR count). The number of benzene rings is 1.